The highest BCUT2D eigenvalue weighted by atomic mass is 32.2. The molecule has 0 aliphatic carbocycles. The second-order valence-corrected chi connectivity index (χ2v) is 5.63. The minimum atomic E-state index is -4.58. The van der Waals surface area contributed by atoms with Gasteiger partial charge in [0.2, 0.25) is 0 Å². The third-order valence-corrected chi connectivity index (χ3v) is 3.69. The molecule has 8 heteroatoms. The number of aliphatic hydroxyl groups excluding tert-OH is 1. The van der Waals surface area contributed by atoms with Gasteiger partial charge in [0, 0.05) is 5.56 Å². The first kappa shape index (κ1) is 16.1. The van der Waals surface area contributed by atoms with Crippen LogP contribution in [0.4, 0.5) is 0 Å². The molecular weight excluding hydrogens is 312 g/mol. The monoisotopic (exact) mass is 324 g/mol. The summed E-state index contributed by atoms with van der Waals surface area (Å²) in [5, 5.41) is 17.7. The minimum Gasteiger partial charge on any atom is -0.441 e. The third-order valence-electron chi connectivity index (χ3n) is 2.77. The van der Waals surface area contributed by atoms with Crippen LogP contribution in [0.3, 0.4) is 0 Å². The van der Waals surface area contributed by atoms with Gasteiger partial charge in [-0.25, -0.2) is 0 Å². The van der Waals surface area contributed by atoms with Gasteiger partial charge in [0.05, 0.1) is 5.56 Å². The lowest BCUT2D eigenvalue weighted by Gasteiger charge is -2.12. The Labute approximate surface area is 126 Å². The van der Waals surface area contributed by atoms with Crippen LogP contribution in [0.25, 0.3) is 0 Å². The lowest BCUT2D eigenvalue weighted by molar-refractivity contribution is -0.179. The number of benzene rings is 2. The molecule has 0 radical (unpaired) electrons. The molecule has 0 unspecified atom stereocenters. The van der Waals surface area contributed by atoms with E-state index in [0.29, 0.717) is 0 Å². The van der Waals surface area contributed by atoms with Gasteiger partial charge in [0.1, 0.15) is 10.6 Å². The zero-order valence-electron chi connectivity index (χ0n) is 11.1. The van der Waals surface area contributed by atoms with Crippen molar-refractivity contribution in [2.45, 2.75) is 11.4 Å². The minimum absolute atomic E-state index is 0.0771. The fraction of sp³-hybridized carbons (Fsp3) is 0.0714. The molecule has 0 heterocycles. The van der Waals surface area contributed by atoms with Crippen molar-refractivity contribution in [3.05, 3.63) is 59.7 Å². The molecule has 7 nitrogen and oxygen atoms in total. The van der Waals surface area contributed by atoms with E-state index in [4.69, 9.17) is 14.9 Å². The van der Waals surface area contributed by atoms with Gasteiger partial charge in [0.25, 0.3) is 10.1 Å². The molecule has 0 aromatic heterocycles. The average Bonchev–Trinajstić information content (AvgIpc) is 2.45. The fourth-order valence-corrected chi connectivity index (χ4v) is 2.58. The molecule has 0 atom stereocenters. The average molecular weight is 324 g/mol. The van der Waals surface area contributed by atoms with Crippen molar-refractivity contribution < 1.29 is 32.7 Å². The third kappa shape index (κ3) is 3.49. The first-order valence-corrected chi connectivity index (χ1v) is 7.48. The SMILES string of the molecule is O=C(c1ccccc1OC(O)O)c1ccccc1S(=O)(=O)O. The van der Waals surface area contributed by atoms with Crippen molar-refractivity contribution >= 4 is 15.9 Å². The zero-order chi connectivity index (χ0) is 16.3. The fourth-order valence-electron chi connectivity index (χ4n) is 1.89. The number of carbonyl (C=O) groups is 1. The molecule has 0 bridgehead atoms. The van der Waals surface area contributed by atoms with Gasteiger partial charge in [-0.2, -0.15) is 8.42 Å². The molecule has 0 saturated heterocycles. The molecule has 2 rings (SSSR count). The van der Waals surface area contributed by atoms with E-state index in [0.717, 1.165) is 6.07 Å². The lowest BCUT2D eigenvalue weighted by atomic mass is 10.0. The molecule has 0 fully saturated rings. The summed E-state index contributed by atoms with van der Waals surface area (Å²) in [5.74, 6) is -0.878. The maximum atomic E-state index is 12.5. The van der Waals surface area contributed by atoms with Crippen molar-refractivity contribution in [3.63, 3.8) is 0 Å². The van der Waals surface area contributed by atoms with E-state index in [9.17, 15) is 17.8 Å². The van der Waals surface area contributed by atoms with Gasteiger partial charge >= 0.3 is 6.48 Å². The number of hydrogen-bond acceptors (Lipinski definition) is 6. The van der Waals surface area contributed by atoms with E-state index in [1.165, 1.54) is 42.5 Å². The quantitative estimate of drug-likeness (QED) is 0.423. The van der Waals surface area contributed by atoms with Gasteiger partial charge in [0.15, 0.2) is 5.78 Å². The van der Waals surface area contributed by atoms with E-state index < -0.39 is 27.3 Å². The van der Waals surface area contributed by atoms with Crippen LogP contribution in [0.2, 0.25) is 0 Å². The van der Waals surface area contributed by atoms with E-state index >= 15 is 0 Å². The van der Waals surface area contributed by atoms with Crippen LogP contribution in [0.5, 0.6) is 5.75 Å². The number of ketones is 1. The number of aliphatic hydroxyl groups is 2. The first-order chi connectivity index (χ1) is 10.3. The predicted octanol–water partition coefficient (Wildman–Crippen LogP) is 0.811. The summed E-state index contributed by atoms with van der Waals surface area (Å²) in [5.41, 5.74) is -0.333. The van der Waals surface area contributed by atoms with E-state index in [1.54, 1.807) is 0 Å². The summed E-state index contributed by atoms with van der Waals surface area (Å²) < 4.78 is 36.6. The number of ether oxygens (including phenoxy) is 1. The van der Waals surface area contributed by atoms with Gasteiger partial charge in [-0.15, -0.1) is 0 Å². The first-order valence-electron chi connectivity index (χ1n) is 6.04. The van der Waals surface area contributed by atoms with Gasteiger partial charge in [-0.05, 0) is 24.3 Å². The predicted molar refractivity (Wildman–Crippen MR) is 75.0 cm³/mol. The van der Waals surface area contributed by atoms with Gasteiger partial charge < -0.3 is 14.9 Å². The summed E-state index contributed by atoms with van der Waals surface area (Å²) in [6.45, 7) is -2.13. The maximum Gasteiger partial charge on any atom is 0.310 e. The zero-order valence-corrected chi connectivity index (χ0v) is 11.9. The molecule has 0 spiro atoms. The maximum absolute atomic E-state index is 12.5. The Kier molecular flexibility index (Phi) is 4.57. The van der Waals surface area contributed by atoms with Crippen LogP contribution < -0.4 is 4.74 Å². The Morgan fingerprint density at radius 2 is 1.50 bits per heavy atom. The topological polar surface area (TPSA) is 121 Å². The van der Waals surface area contributed by atoms with Crippen molar-refractivity contribution in [2.75, 3.05) is 0 Å². The van der Waals surface area contributed by atoms with Crippen molar-refractivity contribution in [2.24, 2.45) is 0 Å². The van der Waals surface area contributed by atoms with E-state index in [1.807, 2.05) is 0 Å². The summed E-state index contributed by atoms with van der Waals surface area (Å²) in [7, 11) is -4.58. The van der Waals surface area contributed by atoms with Crippen LogP contribution in [-0.2, 0) is 10.1 Å². The number of rotatable bonds is 5. The Hall–Kier alpha value is -2.26. The molecule has 2 aromatic carbocycles. The van der Waals surface area contributed by atoms with E-state index in [-0.39, 0.29) is 16.9 Å². The Bertz CT molecular complexity index is 796. The standard InChI is InChI=1S/C14H12O7S/c15-13(9-5-1-3-7-11(9)21-14(16)17)10-6-2-4-8-12(10)22(18,19)20/h1-8,14,16-17H,(H,18,19,20). The van der Waals surface area contributed by atoms with Crippen LogP contribution in [0.1, 0.15) is 15.9 Å². The molecule has 22 heavy (non-hydrogen) atoms. The van der Waals surface area contributed by atoms with Gasteiger partial charge in [-0.3, -0.25) is 9.35 Å². The van der Waals surface area contributed by atoms with Crippen LogP contribution in [0, 0.1) is 0 Å². The summed E-state index contributed by atoms with van der Waals surface area (Å²) in [6.07, 6.45) is 0. The molecule has 0 aliphatic rings. The van der Waals surface area contributed by atoms with E-state index in [2.05, 4.69) is 0 Å². The van der Waals surface area contributed by atoms with Gasteiger partial charge in [-0.1, -0.05) is 24.3 Å². The molecule has 0 aliphatic heterocycles. The lowest BCUT2D eigenvalue weighted by Crippen LogP contribution is -2.17. The largest absolute Gasteiger partial charge is 0.441 e. The summed E-state index contributed by atoms with van der Waals surface area (Å²) in [6, 6.07) is 10.8. The van der Waals surface area contributed by atoms with Crippen molar-refractivity contribution in [1.82, 2.24) is 0 Å². The molecule has 0 amide bonds. The molecule has 3 N–H and O–H groups in total. The van der Waals surface area contributed by atoms with Crippen molar-refractivity contribution in [1.29, 1.82) is 0 Å². The normalized spacial score (nSPS) is 11.5. The molecular formula is C14H12O7S. The number of hydrogen-bond donors (Lipinski definition) is 3. The highest BCUT2D eigenvalue weighted by Gasteiger charge is 2.23. The Morgan fingerprint density at radius 3 is 2.09 bits per heavy atom. The number of carbonyl (C=O) groups excluding carboxylic acids is 1. The highest BCUT2D eigenvalue weighted by Crippen LogP contribution is 2.25. The molecule has 116 valence electrons. The highest BCUT2D eigenvalue weighted by molar-refractivity contribution is 7.86. The number of para-hydroxylation sites is 1. The summed E-state index contributed by atoms with van der Waals surface area (Å²) in [4.78, 5) is 12.0. The molecule has 0 saturated carbocycles. The van der Waals surface area contributed by atoms with Crippen LogP contribution >= 0.6 is 0 Å². The Balaban J connectivity index is 2.55. The second kappa shape index (κ2) is 6.24. The summed E-state index contributed by atoms with van der Waals surface area (Å²) >= 11 is 0. The molecule has 2 aromatic rings. The van der Waals surface area contributed by atoms with Crippen LogP contribution in [-0.4, -0.2) is 35.4 Å². The smallest absolute Gasteiger partial charge is 0.310 e. The Morgan fingerprint density at radius 1 is 0.955 bits per heavy atom. The second-order valence-electron chi connectivity index (χ2n) is 4.24. The van der Waals surface area contributed by atoms with Crippen LogP contribution in [0.15, 0.2) is 53.4 Å². The van der Waals surface area contributed by atoms with Crippen molar-refractivity contribution in [3.8, 4) is 5.75 Å².